The molecule has 1 saturated heterocycles. The van der Waals surface area contributed by atoms with Crippen LogP contribution in [0.25, 0.3) is 0 Å². The number of piperidine rings is 1. The van der Waals surface area contributed by atoms with Gasteiger partial charge in [0.05, 0.1) is 10.4 Å². The van der Waals surface area contributed by atoms with Gasteiger partial charge in [-0.25, -0.2) is 8.42 Å². The first-order valence-electron chi connectivity index (χ1n) is 5.76. The second kappa shape index (κ2) is 5.09. The maximum absolute atomic E-state index is 12.4. The fourth-order valence-electron chi connectivity index (χ4n) is 1.92. The van der Waals surface area contributed by atoms with Crippen LogP contribution in [0.2, 0.25) is 4.34 Å². The Balaban J connectivity index is 2.26. The van der Waals surface area contributed by atoms with Gasteiger partial charge in [0.2, 0.25) is 0 Å². The Labute approximate surface area is 116 Å². The highest BCUT2D eigenvalue weighted by Crippen LogP contribution is 2.33. The van der Waals surface area contributed by atoms with E-state index in [1.54, 1.807) is 13.0 Å². The van der Waals surface area contributed by atoms with Crippen LogP contribution in [0.3, 0.4) is 0 Å². The summed E-state index contributed by atoms with van der Waals surface area (Å²) >= 11 is 6.98. The zero-order valence-electron chi connectivity index (χ0n) is 10.3. The van der Waals surface area contributed by atoms with Gasteiger partial charge < -0.3 is 5.11 Å². The van der Waals surface area contributed by atoms with E-state index in [-0.39, 0.29) is 16.7 Å². The first-order chi connectivity index (χ1) is 8.32. The maximum atomic E-state index is 12.4. The quantitative estimate of drug-likeness (QED) is 0.910. The molecule has 0 aliphatic carbocycles. The van der Waals surface area contributed by atoms with Gasteiger partial charge in [-0.3, -0.25) is 0 Å². The van der Waals surface area contributed by atoms with E-state index in [2.05, 4.69) is 0 Å². The number of nitrogens with zero attached hydrogens (tertiary/aromatic N) is 1. The number of β-amino-alcohol motifs (C(OH)–C–C–N with tert-alkyl or cyclic N) is 1. The summed E-state index contributed by atoms with van der Waals surface area (Å²) in [4.78, 5) is 0. The van der Waals surface area contributed by atoms with Crippen LogP contribution in [-0.2, 0) is 10.0 Å². The minimum atomic E-state index is -3.51. The number of sulfonamides is 1. The van der Waals surface area contributed by atoms with Crippen molar-refractivity contribution in [3.8, 4) is 0 Å². The highest BCUT2D eigenvalue weighted by molar-refractivity contribution is 7.91. The van der Waals surface area contributed by atoms with E-state index < -0.39 is 16.1 Å². The Morgan fingerprint density at radius 2 is 2.22 bits per heavy atom. The monoisotopic (exact) mass is 309 g/mol. The van der Waals surface area contributed by atoms with Gasteiger partial charge in [0.1, 0.15) is 4.21 Å². The van der Waals surface area contributed by atoms with E-state index in [0.717, 1.165) is 16.9 Å². The number of aryl methyl sites for hydroxylation is 1. The van der Waals surface area contributed by atoms with E-state index >= 15 is 0 Å². The molecule has 7 heteroatoms. The largest absolute Gasteiger partial charge is 0.391 e. The zero-order valence-corrected chi connectivity index (χ0v) is 12.6. The SMILES string of the molecule is Cc1cc(S(=O)(=O)N2CCC(C)C(O)C2)sc1Cl. The first-order valence-corrected chi connectivity index (χ1v) is 8.40. The zero-order chi connectivity index (χ0) is 13.5. The molecule has 1 N–H and O–H groups in total. The minimum Gasteiger partial charge on any atom is -0.391 e. The van der Waals surface area contributed by atoms with Crippen LogP contribution in [0.4, 0.5) is 0 Å². The van der Waals surface area contributed by atoms with Crippen LogP contribution in [0.1, 0.15) is 18.9 Å². The molecule has 0 spiro atoms. The molecular formula is C11H16ClNO3S2. The Bertz CT molecular complexity index is 521. The number of rotatable bonds is 2. The van der Waals surface area contributed by atoms with E-state index in [4.69, 9.17) is 11.6 Å². The van der Waals surface area contributed by atoms with Gasteiger partial charge in [-0.05, 0) is 30.9 Å². The van der Waals surface area contributed by atoms with Crippen molar-refractivity contribution < 1.29 is 13.5 Å². The van der Waals surface area contributed by atoms with Crippen molar-refractivity contribution in [3.63, 3.8) is 0 Å². The van der Waals surface area contributed by atoms with Crippen molar-refractivity contribution in [2.45, 2.75) is 30.6 Å². The lowest BCUT2D eigenvalue weighted by molar-refractivity contribution is 0.0606. The van der Waals surface area contributed by atoms with Gasteiger partial charge in [-0.1, -0.05) is 18.5 Å². The van der Waals surface area contributed by atoms with Crippen LogP contribution >= 0.6 is 22.9 Å². The number of hydrogen-bond acceptors (Lipinski definition) is 4. The van der Waals surface area contributed by atoms with Gasteiger partial charge in [-0.2, -0.15) is 4.31 Å². The average Bonchev–Trinajstić information content (AvgIpc) is 2.64. The average molecular weight is 310 g/mol. The van der Waals surface area contributed by atoms with Gasteiger partial charge in [0, 0.05) is 13.1 Å². The summed E-state index contributed by atoms with van der Waals surface area (Å²) in [5, 5.41) is 9.79. The summed E-state index contributed by atoms with van der Waals surface area (Å²) in [5.74, 6) is 0.144. The Kier molecular flexibility index (Phi) is 4.04. The molecule has 2 atom stereocenters. The predicted octanol–water partition coefficient (Wildman–Crippen LogP) is 2.10. The molecule has 102 valence electrons. The molecule has 4 nitrogen and oxygen atoms in total. The normalized spacial score (nSPS) is 26.4. The van der Waals surface area contributed by atoms with E-state index in [1.165, 1.54) is 4.31 Å². The van der Waals surface area contributed by atoms with E-state index in [1.807, 2.05) is 6.92 Å². The fourth-order valence-corrected chi connectivity index (χ4v) is 5.26. The topological polar surface area (TPSA) is 57.6 Å². The Morgan fingerprint density at radius 1 is 1.56 bits per heavy atom. The van der Waals surface area contributed by atoms with Gasteiger partial charge in [0.25, 0.3) is 10.0 Å². The van der Waals surface area contributed by atoms with E-state index in [9.17, 15) is 13.5 Å². The summed E-state index contributed by atoms with van der Waals surface area (Å²) in [5.41, 5.74) is 0.770. The molecule has 0 bridgehead atoms. The third kappa shape index (κ3) is 2.58. The van der Waals surface area contributed by atoms with Crippen molar-refractivity contribution in [1.29, 1.82) is 0 Å². The molecule has 2 unspecified atom stereocenters. The van der Waals surface area contributed by atoms with Crippen molar-refractivity contribution in [2.24, 2.45) is 5.92 Å². The molecule has 1 aliphatic heterocycles. The molecule has 1 aromatic heterocycles. The second-order valence-electron chi connectivity index (χ2n) is 4.72. The Hall–Kier alpha value is -0.140. The standard InChI is InChI=1S/C11H16ClNO3S2/c1-7-3-4-13(6-9(7)14)18(15,16)10-5-8(2)11(12)17-10/h5,7,9,14H,3-4,6H2,1-2H3. The number of thiophene rings is 1. The lowest BCUT2D eigenvalue weighted by atomic mass is 9.98. The van der Waals surface area contributed by atoms with Gasteiger partial charge >= 0.3 is 0 Å². The summed E-state index contributed by atoms with van der Waals surface area (Å²) < 4.78 is 26.8. The second-order valence-corrected chi connectivity index (χ2v) is 8.54. The molecular weight excluding hydrogens is 294 g/mol. The molecule has 2 heterocycles. The molecule has 0 amide bonds. The smallest absolute Gasteiger partial charge is 0.252 e. The number of hydrogen-bond donors (Lipinski definition) is 1. The predicted molar refractivity (Wildman–Crippen MR) is 72.6 cm³/mol. The summed E-state index contributed by atoms with van der Waals surface area (Å²) in [6, 6.07) is 1.59. The Morgan fingerprint density at radius 3 is 2.72 bits per heavy atom. The van der Waals surface area contributed by atoms with Crippen molar-refractivity contribution in [1.82, 2.24) is 4.31 Å². The first kappa shape index (κ1) is 14.3. The van der Waals surface area contributed by atoms with Crippen molar-refractivity contribution >= 4 is 33.0 Å². The lowest BCUT2D eigenvalue weighted by Crippen LogP contribution is -2.45. The van der Waals surface area contributed by atoms with Crippen LogP contribution in [0.5, 0.6) is 0 Å². The number of aliphatic hydroxyl groups excluding tert-OH is 1. The molecule has 2 rings (SSSR count). The minimum absolute atomic E-state index is 0.144. The molecule has 1 fully saturated rings. The maximum Gasteiger partial charge on any atom is 0.252 e. The summed E-state index contributed by atoms with van der Waals surface area (Å²) in [7, 11) is -3.51. The van der Waals surface area contributed by atoms with Crippen LogP contribution in [0.15, 0.2) is 10.3 Å². The molecule has 1 aliphatic rings. The molecule has 1 aromatic rings. The fraction of sp³-hybridized carbons (Fsp3) is 0.636. The lowest BCUT2D eigenvalue weighted by Gasteiger charge is -2.32. The molecule has 0 saturated carbocycles. The third-order valence-corrected chi connectivity index (χ3v) is 7.18. The van der Waals surface area contributed by atoms with Crippen LogP contribution < -0.4 is 0 Å². The summed E-state index contributed by atoms with van der Waals surface area (Å²) in [6.45, 7) is 4.33. The summed E-state index contributed by atoms with van der Waals surface area (Å²) in [6.07, 6.45) is 0.0865. The highest BCUT2D eigenvalue weighted by atomic mass is 35.5. The van der Waals surface area contributed by atoms with E-state index in [0.29, 0.717) is 17.3 Å². The van der Waals surface area contributed by atoms with Gasteiger partial charge in [0.15, 0.2) is 0 Å². The third-order valence-electron chi connectivity index (χ3n) is 3.31. The van der Waals surface area contributed by atoms with Crippen molar-refractivity contribution in [2.75, 3.05) is 13.1 Å². The van der Waals surface area contributed by atoms with Crippen LogP contribution in [-0.4, -0.2) is 37.0 Å². The molecule has 0 aromatic carbocycles. The molecule has 18 heavy (non-hydrogen) atoms. The number of halogens is 1. The highest BCUT2D eigenvalue weighted by Gasteiger charge is 2.33. The van der Waals surface area contributed by atoms with Crippen LogP contribution in [0, 0.1) is 12.8 Å². The molecule has 0 radical (unpaired) electrons. The van der Waals surface area contributed by atoms with Gasteiger partial charge in [-0.15, -0.1) is 11.3 Å². The van der Waals surface area contributed by atoms with Crippen molar-refractivity contribution in [3.05, 3.63) is 16.0 Å². The number of aliphatic hydroxyl groups is 1.